The number of methoxy groups -OCH3 is 1. The first-order valence-electron chi connectivity index (χ1n) is 6.09. The summed E-state index contributed by atoms with van der Waals surface area (Å²) in [5, 5.41) is 7.23. The van der Waals surface area contributed by atoms with E-state index in [0.29, 0.717) is 5.69 Å². The lowest BCUT2D eigenvalue weighted by molar-refractivity contribution is 0.0935. The van der Waals surface area contributed by atoms with Gasteiger partial charge < -0.3 is 24.2 Å². The van der Waals surface area contributed by atoms with Crippen LogP contribution in [0.25, 0.3) is 0 Å². The van der Waals surface area contributed by atoms with Crippen molar-refractivity contribution in [1.82, 2.24) is 5.32 Å². The van der Waals surface area contributed by atoms with Crippen molar-refractivity contribution < 1.29 is 28.0 Å². The van der Waals surface area contributed by atoms with Crippen molar-refractivity contribution in [2.45, 2.75) is 0 Å². The first-order valence-corrected chi connectivity index (χ1v) is 6.09. The molecule has 0 aliphatic heterocycles. The third kappa shape index (κ3) is 3.45. The van der Waals surface area contributed by atoms with Crippen molar-refractivity contribution in [1.29, 1.82) is 0 Å². The Bertz CT molecular complexity index is 702. The highest BCUT2D eigenvalue weighted by molar-refractivity contribution is 6.04. The number of furan rings is 2. The molecule has 3 N–H and O–H groups in total. The smallest absolute Gasteiger partial charge is 0.411 e. The maximum atomic E-state index is 11.9. The molecule has 0 saturated carbocycles. The Morgan fingerprint density at radius 2 is 1.50 bits per heavy atom. The number of amides is 3. The number of hydrogen-bond acceptors (Lipinski definition) is 6. The van der Waals surface area contributed by atoms with E-state index in [2.05, 4.69) is 20.7 Å². The number of hydrogen-bond donors (Lipinski definition) is 3. The zero-order chi connectivity index (χ0) is 16.1. The van der Waals surface area contributed by atoms with Gasteiger partial charge in [-0.3, -0.25) is 14.9 Å². The third-order valence-electron chi connectivity index (χ3n) is 2.56. The molecule has 9 heteroatoms. The minimum atomic E-state index is -0.683. The molecule has 0 spiro atoms. The Balaban J connectivity index is 2.01. The average molecular weight is 307 g/mol. The lowest BCUT2D eigenvalue weighted by Crippen LogP contribution is -2.16. The summed E-state index contributed by atoms with van der Waals surface area (Å²) >= 11 is 0. The summed E-state index contributed by atoms with van der Waals surface area (Å²) < 4.78 is 14.4. The lowest BCUT2D eigenvalue weighted by Gasteiger charge is -1.98. The molecule has 0 aliphatic carbocycles. The summed E-state index contributed by atoms with van der Waals surface area (Å²) in [6.45, 7) is 0. The van der Waals surface area contributed by atoms with E-state index in [1.165, 1.54) is 38.8 Å². The Morgan fingerprint density at radius 1 is 0.955 bits per heavy atom. The number of carbonyl (C=O) groups excluding carboxylic acids is 3. The molecule has 22 heavy (non-hydrogen) atoms. The molecule has 3 amide bonds. The van der Waals surface area contributed by atoms with Crippen molar-refractivity contribution in [3.05, 3.63) is 36.2 Å². The highest BCUT2D eigenvalue weighted by atomic mass is 16.5. The highest BCUT2D eigenvalue weighted by Crippen LogP contribution is 2.17. The molecule has 0 aromatic carbocycles. The normalized spacial score (nSPS) is 9.91. The molecule has 0 aliphatic rings. The Kier molecular flexibility index (Phi) is 4.47. The predicted molar refractivity (Wildman–Crippen MR) is 74.8 cm³/mol. The number of rotatable bonds is 4. The first-order chi connectivity index (χ1) is 10.5. The maximum absolute atomic E-state index is 11.9. The van der Waals surface area contributed by atoms with Gasteiger partial charge in [-0.1, -0.05) is 0 Å². The van der Waals surface area contributed by atoms with Crippen molar-refractivity contribution in [3.8, 4) is 0 Å². The fourth-order valence-electron chi connectivity index (χ4n) is 1.53. The van der Waals surface area contributed by atoms with Crippen LogP contribution in [-0.4, -0.2) is 32.1 Å². The average Bonchev–Trinajstić information content (AvgIpc) is 3.15. The van der Waals surface area contributed by atoms with Gasteiger partial charge in [0.05, 0.1) is 18.5 Å². The minimum absolute atomic E-state index is 0.0332. The van der Waals surface area contributed by atoms with E-state index in [-0.39, 0.29) is 17.2 Å². The van der Waals surface area contributed by atoms with Gasteiger partial charge in [-0.05, 0) is 0 Å². The quantitative estimate of drug-likeness (QED) is 0.789. The van der Waals surface area contributed by atoms with Gasteiger partial charge in [-0.2, -0.15) is 0 Å². The Morgan fingerprint density at radius 3 is 2.05 bits per heavy atom. The van der Waals surface area contributed by atoms with Crippen molar-refractivity contribution in [2.24, 2.45) is 0 Å². The van der Waals surface area contributed by atoms with E-state index in [9.17, 15) is 14.4 Å². The molecule has 2 aromatic heterocycles. The number of anilines is 2. The Labute approximate surface area is 124 Å². The van der Waals surface area contributed by atoms with Crippen LogP contribution in [0, 0.1) is 0 Å². The van der Waals surface area contributed by atoms with E-state index in [1.54, 1.807) is 0 Å². The van der Waals surface area contributed by atoms with Gasteiger partial charge in [0, 0.05) is 19.2 Å². The SMILES string of the molecule is CNC(=O)c1cc(NC(=O)c2cc(NC(=O)OC)co2)co1. The van der Waals surface area contributed by atoms with Crippen LogP contribution in [0.15, 0.2) is 33.5 Å². The summed E-state index contributed by atoms with van der Waals surface area (Å²) in [4.78, 5) is 34.3. The van der Waals surface area contributed by atoms with Crippen LogP contribution in [0.5, 0.6) is 0 Å². The van der Waals surface area contributed by atoms with Crippen molar-refractivity contribution in [3.63, 3.8) is 0 Å². The van der Waals surface area contributed by atoms with Gasteiger partial charge in [-0.15, -0.1) is 0 Å². The standard InChI is InChI=1S/C13H13N3O6/c1-14-11(17)9-3-7(5-21-9)15-12(18)10-4-8(6-22-10)16-13(19)20-2/h3-6H,1-2H3,(H,14,17)(H,15,18)(H,16,19). The largest absolute Gasteiger partial charge is 0.457 e. The molecule has 2 rings (SSSR count). The van der Waals surface area contributed by atoms with Gasteiger partial charge >= 0.3 is 6.09 Å². The molecule has 0 saturated heterocycles. The second-order valence-electron chi connectivity index (χ2n) is 4.05. The second-order valence-corrected chi connectivity index (χ2v) is 4.05. The monoisotopic (exact) mass is 307 g/mol. The number of carbonyl (C=O) groups is 3. The fourth-order valence-corrected chi connectivity index (χ4v) is 1.53. The van der Waals surface area contributed by atoms with E-state index in [4.69, 9.17) is 8.83 Å². The van der Waals surface area contributed by atoms with Crippen LogP contribution in [0.1, 0.15) is 21.1 Å². The van der Waals surface area contributed by atoms with Crippen LogP contribution < -0.4 is 16.0 Å². The van der Waals surface area contributed by atoms with Crippen LogP contribution in [-0.2, 0) is 4.74 Å². The molecule has 0 unspecified atom stereocenters. The molecular weight excluding hydrogens is 294 g/mol. The zero-order valence-electron chi connectivity index (χ0n) is 11.8. The summed E-state index contributed by atoms with van der Waals surface area (Å²) in [6.07, 6.45) is 1.73. The summed E-state index contributed by atoms with van der Waals surface area (Å²) in [6, 6.07) is 2.69. The summed E-state index contributed by atoms with van der Waals surface area (Å²) in [7, 11) is 2.67. The lowest BCUT2D eigenvalue weighted by atomic mass is 10.3. The molecule has 0 radical (unpaired) electrons. The van der Waals surface area contributed by atoms with E-state index < -0.39 is 17.9 Å². The highest BCUT2D eigenvalue weighted by Gasteiger charge is 2.15. The molecule has 0 atom stereocenters. The van der Waals surface area contributed by atoms with Crippen molar-refractivity contribution in [2.75, 3.05) is 24.8 Å². The van der Waals surface area contributed by atoms with Crippen LogP contribution in [0.3, 0.4) is 0 Å². The van der Waals surface area contributed by atoms with Gasteiger partial charge in [0.2, 0.25) is 0 Å². The first kappa shape index (κ1) is 15.2. The van der Waals surface area contributed by atoms with Crippen molar-refractivity contribution >= 4 is 29.3 Å². The topological polar surface area (TPSA) is 123 Å². The van der Waals surface area contributed by atoms with Crippen LogP contribution >= 0.6 is 0 Å². The summed E-state index contributed by atoms with van der Waals surface area (Å²) in [5.41, 5.74) is 0.567. The van der Waals surface area contributed by atoms with E-state index in [0.717, 1.165) is 0 Å². The molecular formula is C13H13N3O6. The minimum Gasteiger partial charge on any atom is -0.457 e. The fraction of sp³-hybridized carbons (Fsp3) is 0.154. The second kappa shape index (κ2) is 6.48. The molecule has 0 bridgehead atoms. The molecule has 116 valence electrons. The molecule has 2 aromatic rings. The predicted octanol–water partition coefficient (Wildman–Crippen LogP) is 1.66. The maximum Gasteiger partial charge on any atom is 0.411 e. The number of ether oxygens (including phenoxy) is 1. The molecule has 0 fully saturated rings. The molecule has 9 nitrogen and oxygen atoms in total. The van der Waals surface area contributed by atoms with Crippen LogP contribution in [0.2, 0.25) is 0 Å². The van der Waals surface area contributed by atoms with Gasteiger partial charge in [0.1, 0.15) is 12.5 Å². The van der Waals surface area contributed by atoms with Gasteiger partial charge in [0.25, 0.3) is 11.8 Å². The Hall–Kier alpha value is -3.23. The zero-order valence-corrected chi connectivity index (χ0v) is 11.8. The van der Waals surface area contributed by atoms with E-state index >= 15 is 0 Å². The third-order valence-corrected chi connectivity index (χ3v) is 2.56. The number of nitrogens with one attached hydrogen (secondary N) is 3. The summed E-state index contributed by atoms with van der Waals surface area (Å²) in [5.74, 6) is -0.954. The van der Waals surface area contributed by atoms with E-state index in [1.807, 2.05) is 0 Å². The van der Waals surface area contributed by atoms with Gasteiger partial charge in [-0.25, -0.2) is 4.79 Å². The van der Waals surface area contributed by atoms with Crippen LogP contribution in [0.4, 0.5) is 16.2 Å². The van der Waals surface area contributed by atoms with Gasteiger partial charge in [0.15, 0.2) is 11.5 Å². The molecule has 2 heterocycles.